The number of para-hydroxylation sites is 2. The van der Waals surface area contributed by atoms with Gasteiger partial charge in [-0.15, -0.1) is 11.3 Å². The number of methoxy groups -OCH3 is 1. The molecule has 0 bridgehead atoms. The molecule has 0 fully saturated rings. The predicted molar refractivity (Wildman–Crippen MR) is 134 cm³/mol. The maximum absolute atomic E-state index is 13.1. The van der Waals surface area contributed by atoms with Crippen molar-refractivity contribution in [3.05, 3.63) is 80.2 Å². The highest BCUT2D eigenvalue weighted by Crippen LogP contribution is 2.29. The molecule has 34 heavy (non-hydrogen) atoms. The van der Waals surface area contributed by atoms with Crippen LogP contribution in [0, 0.1) is 13.8 Å². The highest BCUT2D eigenvalue weighted by Gasteiger charge is 2.21. The highest BCUT2D eigenvalue weighted by atomic mass is 35.5. The number of rotatable bonds is 6. The van der Waals surface area contributed by atoms with Crippen molar-refractivity contribution >= 4 is 56.3 Å². The van der Waals surface area contributed by atoms with E-state index in [-0.39, 0.29) is 12.5 Å². The summed E-state index contributed by atoms with van der Waals surface area (Å²) in [7, 11) is 1.52. The number of aromatic nitrogens is 2. The van der Waals surface area contributed by atoms with Crippen molar-refractivity contribution in [3.63, 3.8) is 0 Å². The summed E-state index contributed by atoms with van der Waals surface area (Å²) in [6, 6.07) is 12.2. The van der Waals surface area contributed by atoms with Crippen LogP contribution >= 0.6 is 22.9 Å². The van der Waals surface area contributed by atoms with Gasteiger partial charge in [-0.05, 0) is 49.2 Å². The van der Waals surface area contributed by atoms with Gasteiger partial charge < -0.3 is 15.4 Å². The summed E-state index contributed by atoms with van der Waals surface area (Å²) in [5.41, 5.74) is 2.05. The number of hydrogen-bond donors (Lipinski definition) is 2. The third-order valence-electron chi connectivity index (χ3n) is 5.25. The Morgan fingerprint density at radius 2 is 1.91 bits per heavy atom. The Labute approximate surface area is 204 Å². The van der Waals surface area contributed by atoms with Gasteiger partial charge in [-0.3, -0.25) is 19.0 Å². The van der Waals surface area contributed by atoms with Crippen molar-refractivity contribution in [3.8, 4) is 5.75 Å². The van der Waals surface area contributed by atoms with Crippen LogP contribution in [-0.4, -0.2) is 28.5 Å². The molecule has 4 aromatic rings. The number of fused-ring (bicyclic) bond motifs is 1. The Bertz CT molecular complexity index is 1480. The molecule has 0 aliphatic carbocycles. The van der Waals surface area contributed by atoms with Gasteiger partial charge in [-0.1, -0.05) is 29.8 Å². The van der Waals surface area contributed by atoms with E-state index in [9.17, 15) is 14.4 Å². The minimum absolute atomic E-state index is 0.231. The summed E-state index contributed by atoms with van der Waals surface area (Å²) in [5.74, 6) is -0.244. The van der Waals surface area contributed by atoms with E-state index < -0.39 is 11.5 Å². The van der Waals surface area contributed by atoms with Crippen LogP contribution in [0.3, 0.4) is 0 Å². The van der Waals surface area contributed by atoms with Gasteiger partial charge >= 0.3 is 0 Å². The molecule has 0 aliphatic rings. The molecule has 0 saturated carbocycles. The summed E-state index contributed by atoms with van der Waals surface area (Å²) in [6.07, 6.45) is 1.31. The molecule has 2 amide bonds. The van der Waals surface area contributed by atoms with E-state index in [0.717, 1.165) is 16.9 Å². The maximum Gasteiger partial charge on any atom is 0.266 e. The fourth-order valence-electron chi connectivity index (χ4n) is 3.44. The van der Waals surface area contributed by atoms with Gasteiger partial charge in [0.25, 0.3) is 11.5 Å². The molecular weight excluding hydrogens is 476 g/mol. The molecule has 0 aliphatic heterocycles. The number of nitrogens with zero attached hydrogens (tertiary/aromatic N) is 2. The lowest BCUT2D eigenvalue weighted by Gasteiger charge is -2.09. The van der Waals surface area contributed by atoms with Crippen molar-refractivity contribution in [2.24, 2.45) is 0 Å². The second-order valence-electron chi connectivity index (χ2n) is 7.58. The standard InChI is InChI=1S/C24H21ClN4O4S/c1-13-8-9-15(10-16(13)25)27-19(30)11-29-12-26-23-20(24(29)32)14(2)21(34-23)22(31)28-17-6-4-5-7-18(17)33-3/h4-10,12H,11H2,1-3H3,(H,27,30)(H,28,31). The summed E-state index contributed by atoms with van der Waals surface area (Å²) < 4.78 is 6.49. The van der Waals surface area contributed by atoms with E-state index >= 15 is 0 Å². The zero-order valence-corrected chi connectivity index (χ0v) is 20.2. The zero-order chi connectivity index (χ0) is 24.4. The van der Waals surface area contributed by atoms with Crippen molar-refractivity contribution < 1.29 is 14.3 Å². The van der Waals surface area contributed by atoms with Gasteiger partial charge in [0.1, 0.15) is 17.1 Å². The molecule has 8 nitrogen and oxygen atoms in total. The van der Waals surface area contributed by atoms with E-state index in [0.29, 0.717) is 42.8 Å². The van der Waals surface area contributed by atoms with E-state index in [4.69, 9.17) is 16.3 Å². The first-order chi connectivity index (χ1) is 16.3. The molecular formula is C24H21ClN4O4S. The smallest absolute Gasteiger partial charge is 0.266 e. The molecule has 2 heterocycles. The van der Waals surface area contributed by atoms with Crippen LogP contribution in [0.4, 0.5) is 11.4 Å². The highest BCUT2D eigenvalue weighted by molar-refractivity contribution is 7.20. The van der Waals surface area contributed by atoms with Crippen molar-refractivity contribution in [2.45, 2.75) is 20.4 Å². The topological polar surface area (TPSA) is 102 Å². The summed E-state index contributed by atoms with van der Waals surface area (Å²) in [6.45, 7) is 3.32. The first-order valence-corrected chi connectivity index (χ1v) is 11.5. The molecule has 2 aromatic carbocycles. The van der Waals surface area contributed by atoms with Gasteiger partial charge in [0.05, 0.1) is 29.4 Å². The second kappa shape index (κ2) is 9.66. The average Bonchev–Trinajstić information content (AvgIpc) is 3.15. The minimum Gasteiger partial charge on any atom is -0.495 e. The van der Waals surface area contributed by atoms with E-state index in [1.54, 1.807) is 49.4 Å². The summed E-state index contributed by atoms with van der Waals surface area (Å²) in [5, 5.41) is 6.38. The predicted octanol–water partition coefficient (Wildman–Crippen LogP) is 4.63. The van der Waals surface area contributed by atoms with Crippen molar-refractivity contribution in [2.75, 3.05) is 17.7 Å². The largest absolute Gasteiger partial charge is 0.495 e. The molecule has 0 radical (unpaired) electrons. The van der Waals surface area contributed by atoms with E-state index in [1.807, 2.05) is 6.92 Å². The fourth-order valence-corrected chi connectivity index (χ4v) is 4.66. The minimum atomic E-state index is -0.398. The van der Waals surface area contributed by atoms with Crippen LogP contribution in [-0.2, 0) is 11.3 Å². The Morgan fingerprint density at radius 3 is 2.65 bits per heavy atom. The van der Waals surface area contributed by atoms with Crippen LogP contribution in [0.1, 0.15) is 20.8 Å². The molecule has 0 unspecified atom stereocenters. The molecule has 0 spiro atoms. The SMILES string of the molecule is COc1ccccc1NC(=O)c1sc2ncn(CC(=O)Nc3ccc(C)c(Cl)c3)c(=O)c2c1C. The molecule has 2 N–H and O–H groups in total. The van der Waals surface area contributed by atoms with E-state index in [1.165, 1.54) is 18.0 Å². The van der Waals surface area contributed by atoms with Crippen molar-refractivity contribution in [1.82, 2.24) is 9.55 Å². The molecule has 0 saturated heterocycles. The quantitative estimate of drug-likeness (QED) is 0.405. The number of anilines is 2. The number of nitrogens with one attached hydrogen (secondary N) is 2. The van der Waals surface area contributed by atoms with Crippen LogP contribution in [0.25, 0.3) is 10.2 Å². The van der Waals surface area contributed by atoms with Gasteiger partial charge in [0.2, 0.25) is 5.91 Å². The van der Waals surface area contributed by atoms with Gasteiger partial charge in [-0.2, -0.15) is 0 Å². The first kappa shape index (κ1) is 23.5. The Kier molecular flexibility index (Phi) is 6.67. The van der Waals surface area contributed by atoms with Crippen LogP contribution in [0.15, 0.2) is 53.6 Å². The fraction of sp³-hybridized carbons (Fsp3) is 0.167. The molecule has 174 valence electrons. The first-order valence-electron chi connectivity index (χ1n) is 10.3. The Morgan fingerprint density at radius 1 is 1.15 bits per heavy atom. The lowest BCUT2D eigenvalue weighted by atomic mass is 10.2. The second-order valence-corrected chi connectivity index (χ2v) is 8.99. The summed E-state index contributed by atoms with van der Waals surface area (Å²) >= 11 is 7.23. The molecule has 4 rings (SSSR count). The number of carbonyl (C=O) groups excluding carboxylic acids is 2. The number of ether oxygens (including phenoxy) is 1. The monoisotopic (exact) mass is 496 g/mol. The van der Waals surface area contributed by atoms with Crippen LogP contribution in [0.5, 0.6) is 5.75 Å². The van der Waals surface area contributed by atoms with Gasteiger partial charge in [-0.25, -0.2) is 4.98 Å². The number of carbonyl (C=O) groups is 2. The van der Waals surface area contributed by atoms with Crippen LogP contribution in [0.2, 0.25) is 5.02 Å². The Balaban J connectivity index is 1.58. The van der Waals surface area contributed by atoms with Crippen molar-refractivity contribution in [1.29, 1.82) is 0 Å². The Hall–Kier alpha value is -3.69. The van der Waals surface area contributed by atoms with E-state index in [2.05, 4.69) is 15.6 Å². The number of thiophene rings is 1. The number of hydrogen-bond acceptors (Lipinski definition) is 6. The van der Waals surface area contributed by atoms with Gasteiger partial charge in [0.15, 0.2) is 0 Å². The average molecular weight is 497 g/mol. The third kappa shape index (κ3) is 4.66. The lowest BCUT2D eigenvalue weighted by Crippen LogP contribution is -2.28. The number of aryl methyl sites for hydroxylation is 2. The van der Waals surface area contributed by atoms with Crippen LogP contribution < -0.4 is 20.9 Å². The lowest BCUT2D eigenvalue weighted by molar-refractivity contribution is -0.116. The number of halogens is 1. The summed E-state index contributed by atoms with van der Waals surface area (Å²) in [4.78, 5) is 43.7. The maximum atomic E-state index is 13.1. The van der Waals surface area contributed by atoms with Gasteiger partial charge in [0, 0.05) is 10.7 Å². The number of amides is 2. The zero-order valence-electron chi connectivity index (χ0n) is 18.6. The molecule has 10 heteroatoms. The third-order valence-corrected chi connectivity index (χ3v) is 6.85. The normalized spacial score (nSPS) is 10.8. The molecule has 2 aromatic heterocycles. The molecule has 0 atom stereocenters. The number of benzene rings is 2.